The lowest BCUT2D eigenvalue weighted by atomic mass is 10.3. The van der Waals surface area contributed by atoms with Gasteiger partial charge >= 0.3 is 0 Å². The lowest BCUT2D eigenvalue weighted by Crippen LogP contribution is -2.12. The van der Waals surface area contributed by atoms with Gasteiger partial charge in [-0.15, -0.1) is 0 Å². The van der Waals surface area contributed by atoms with Gasteiger partial charge in [-0.05, 0) is 36.4 Å². The number of rotatable bonds is 5. The molecule has 0 saturated carbocycles. The molecule has 0 atom stereocenters. The number of halogens is 1. The van der Waals surface area contributed by atoms with Crippen molar-refractivity contribution in [2.45, 2.75) is 0 Å². The SMILES string of the molecule is Nc1ccc(OCCNc2ncccc2Cl)cc1. The molecule has 1 heterocycles. The highest BCUT2D eigenvalue weighted by Gasteiger charge is 1.99. The van der Waals surface area contributed by atoms with Gasteiger partial charge in [0.05, 0.1) is 11.6 Å². The third-order valence-electron chi connectivity index (χ3n) is 2.30. The second kappa shape index (κ2) is 6.12. The average Bonchev–Trinajstić information content (AvgIpc) is 2.39. The van der Waals surface area contributed by atoms with E-state index in [9.17, 15) is 0 Å². The van der Waals surface area contributed by atoms with Gasteiger partial charge < -0.3 is 15.8 Å². The van der Waals surface area contributed by atoms with E-state index in [1.165, 1.54) is 0 Å². The molecule has 1 aromatic heterocycles. The molecule has 0 aliphatic carbocycles. The second-order valence-corrected chi connectivity index (χ2v) is 4.09. The molecule has 94 valence electrons. The molecule has 0 spiro atoms. The Morgan fingerprint density at radius 1 is 1.22 bits per heavy atom. The fraction of sp³-hybridized carbons (Fsp3) is 0.154. The quantitative estimate of drug-likeness (QED) is 0.643. The molecule has 2 rings (SSSR count). The van der Waals surface area contributed by atoms with E-state index in [4.69, 9.17) is 22.1 Å². The van der Waals surface area contributed by atoms with Crippen LogP contribution in [0, 0.1) is 0 Å². The Labute approximate surface area is 111 Å². The van der Waals surface area contributed by atoms with Crippen molar-refractivity contribution in [2.24, 2.45) is 0 Å². The Morgan fingerprint density at radius 2 is 2.00 bits per heavy atom. The zero-order valence-corrected chi connectivity index (χ0v) is 10.5. The smallest absolute Gasteiger partial charge is 0.144 e. The molecular weight excluding hydrogens is 250 g/mol. The summed E-state index contributed by atoms with van der Waals surface area (Å²) in [5.41, 5.74) is 6.31. The molecule has 0 bridgehead atoms. The molecule has 0 unspecified atom stereocenters. The molecule has 2 aromatic rings. The van der Waals surface area contributed by atoms with Crippen molar-refractivity contribution in [1.82, 2.24) is 4.98 Å². The van der Waals surface area contributed by atoms with Gasteiger partial charge in [0, 0.05) is 11.9 Å². The van der Waals surface area contributed by atoms with E-state index in [2.05, 4.69) is 10.3 Å². The zero-order chi connectivity index (χ0) is 12.8. The number of nitrogen functional groups attached to an aromatic ring is 1. The first kappa shape index (κ1) is 12.5. The van der Waals surface area contributed by atoms with Crippen molar-refractivity contribution in [3.8, 4) is 5.75 Å². The topological polar surface area (TPSA) is 60.2 Å². The van der Waals surface area contributed by atoms with Crippen molar-refractivity contribution in [2.75, 3.05) is 24.2 Å². The Hall–Kier alpha value is -1.94. The van der Waals surface area contributed by atoms with Gasteiger partial charge in [-0.25, -0.2) is 4.98 Å². The molecule has 18 heavy (non-hydrogen) atoms. The van der Waals surface area contributed by atoms with E-state index in [0.717, 1.165) is 11.4 Å². The van der Waals surface area contributed by atoms with Gasteiger partial charge in [0.15, 0.2) is 0 Å². The monoisotopic (exact) mass is 263 g/mol. The highest BCUT2D eigenvalue weighted by Crippen LogP contribution is 2.17. The third kappa shape index (κ3) is 3.53. The molecule has 5 heteroatoms. The number of aromatic nitrogens is 1. The lowest BCUT2D eigenvalue weighted by molar-refractivity contribution is 0.333. The van der Waals surface area contributed by atoms with E-state index in [1.807, 2.05) is 12.1 Å². The van der Waals surface area contributed by atoms with Crippen LogP contribution in [-0.4, -0.2) is 18.1 Å². The van der Waals surface area contributed by atoms with Crippen LogP contribution in [0.25, 0.3) is 0 Å². The Bertz CT molecular complexity index is 502. The van der Waals surface area contributed by atoms with Crippen LogP contribution in [0.1, 0.15) is 0 Å². The van der Waals surface area contributed by atoms with Crippen LogP contribution >= 0.6 is 11.6 Å². The maximum atomic E-state index is 5.96. The van der Waals surface area contributed by atoms with Gasteiger partial charge in [0.1, 0.15) is 18.2 Å². The van der Waals surface area contributed by atoms with E-state index in [0.29, 0.717) is 24.0 Å². The van der Waals surface area contributed by atoms with Gasteiger partial charge in [-0.1, -0.05) is 11.6 Å². The molecule has 3 N–H and O–H groups in total. The molecule has 0 radical (unpaired) electrons. The number of anilines is 2. The average molecular weight is 264 g/mol. The molecule has 0 fully saturated rings. The lowest BCUT2D eigenvalue weighted by Gasteiger charge is -2.09. The number of nitrogens with zero attached hydrogens (tertiary/aromatic N) is 1. The van der Waals surface area contributed by atoms with E-state index < -0.39 is 0 Å². The maximum Gasteiger partial charge on any atom is 0.144 e. The first-order valence-corrected chi connectivity index (χ1v) is 5.96. The summed E-state index contributed by atoms with van der Waals surface area (Å²) in [6, 6.07) is 10.9. The number of pyridine rings is 1. The largest absolute Gasteiger partial charge is 0.492 e. The molecule has 0 aliphatic rings. The van der Waals surface area contributed by atoms with Gasteiger partial charge in [0.25, 0.3) is 0 Å². The predicted octanol–water partition coefficient (Wildman–Crippen LogP) is 2.81. The van der Waals surface area contributed by atoms with Crippen LogP contribution in [0.2, 0.25) is 5.02 Å². The van der Waals surface area contributed by atoms with E-state index >= 15 is 0 Å². The summed E-state index contributed by atoms with van der Waals surface area (Å²) in [7, 11) is 0. The summed E-state index contributed by atoms with van der Waals surface area (Å²) in [5, 5.41) is 3.70. The molecule has 1 aromatic carbocycles. The molecule has 0 saturated heterocycles. The fourth-order valence-corrected chi connectivity index (χ4v) is 1.61. The summed E-state index contributed by atoms with van der Waals surface area (Å²) in [4.78, 5) is 4.12. The van der Waals surface area contributed by atoms with Crippen LogP contribution in [0.4, 0.5) is 11.5 Å². The van der Waals surface area contributed by atoms with Crippen molar-refractivity contribution in [3.05, 3.63) is 47.6 Å². The summed E-state index contributed by atoms with van der Waals surface area (Å²) in [5.74, 6) is 1.46. The minimum atomic E-state index is 0.525. The standard InChI is InChI=1S/C13H14ClN3O/c14-12-2-1-7-16-13(12)17-8-9-18-11-5-3-10(15)4-6-11/h1-7H,8-9,15H2,(H,16,17). The summed E-state index contributed by atoms with van der Waals surface area (Å²) in [6.07, 6.45) is 1.69. The van der Waals surface area contributed by atoms with Crippen LogP contribution in [0.3, 0.4) is 0 Å². The number of nitrogens with one attached hydrogen (secondary N) is 1. The van der Waals surface area contributed by atoms with Crippen molar-refractivity contribution in [1.29, 1.82) is 0 Å². The Morgan fingerprint density at radius 3 is 2.72 bits per heavy atom. The maximum absolute atomic E-state index is 5.96. The van der Waals surface area contributed by atoms with Crippen LogP contribution in [0.5, 0.6) is 5.75 Å². The highest BCUT2D eigenvalue weighted by atomic mass is 35.5. The fourth-order valence-electron chi connectivity index (χ4n) is 1.42. The Kier molecular flexibility index (Phi) is 4.25. The van der Waals surface area contributed by atoms with Crippen LogP contribution < -0.4 is 15.8 Å². The first-order chi connectivity index (χ1) is 8.75. The predicted molar refractivity (Wildman–Crippen MR) is 74.1 cm³/mol. The zero-order valence-electron chi connectivity index (χ0n) is 9.77. The number of hydrogen-bond donors (Lipinski definition) is 2. The number of ether oxygens (including phenoxy) is 1. The number of nitrogens with two attached hydrogens (primary N) is 1. The van der Waals surface area contributed by atoms with E-state index in [1.54, 1.807) is 30.5 Å². The molecular formula is C13H14ClN3O. The summed E-state index contributed by atoms with van der Waals surface area (Å²) in [6.45, 7) is 1.15. The number of benzene rings is 1. The van der Waals surface area contributed by atoms with Gasteiger partial charge in [0.2, 0.25) is 0 Å². The van der Waals surface area contributed by atoms with Crippen molar-refractivity contribution < 1.29 is 4.74 Å². The minimum absolute atomic E-state index is 0.525. The van der Waals surface area contributed by atoms with Gasteiger partial charge in [-0.2, -0.15) is 0 Å². The van der Waals surface area contributed by atoms with E-state index in [-0.39, 0.29) is 0 Å². The number of hydrogen-bond acceptors (Lipinski definition) is 4. The first-order valence-electron chi connectivity index (χ1n) is 5.58. The second-order valence-electron chi connectivity index (χ2n) is 3.68. The van der Waals surface area contributed by atoms with Crippen molar-refractivity contribution >= 4 is 23.1 Å². The minimum Gasteiger partial charge on any atom is -0.492 e. The summed E-state index contributed by atoms with van der Waals surface area (Å²) >= 11 is 5.96. The van der Waals surface area contributed by atoms with Gasteiger partial charge in [-0.3, -0.25) is 0 Å². The van der Waals surface area contributed by atoms with Crippen LogP contribution in [-0.2, 0) is 0 Å². The normalized spacial score (nSPS) is 10.1. The third-order valence-corrected chi connectivity index (χ3v) is 2.61. The van der Waals surface area contributed by atoms with Crippen LogP contribution in [0.15, 0.2) is 42.6 Å². The highest BCUT2D eigenvalue weighted by molar-refractivity contribution is 6.32. The molecule has 0 amide bonds. The molecule has 4 nitrogen and oxygen atoms in total. The summed E-state index contributed by atoms with van der Waals surface area (Å²) < 4.78 is 5.53. The molecule has 0 aliphatic heterocycles. The van der Waals surface area contributed by atoms with Crippen molar-refractivity contribution in [3.63, 3.8) is 0 Å². The Balaban J connectivity index is 1.76.